The summed E-state index contributed by atoms with van der Waals surface area (Å²) in [6.07, 6.45) is 1.09. The number of fused-ring (bicyclic) bond motifs is 4. The highest BCUT2D eigenvalue weighted by Crippen LogP contribution is 2.37. The number of carbonyl (C=O) groups excluding carboxylic acids is 4. The molecule has 1 aliphatic carbocycles. The number of amides is 2. The van der Waals surface area contributed by atoms with Gasteiger partial charge in [0.2, 0.25) is 17.0 Å². The molecule has 39 heavy (non-hydrogen) atoms. The SMILES string of the molecule is CC(C)CN1CC2CCC(=O)C(=O)C2N2C(=O)c3c(O)c(=O)c(C(=O)NCc4ccc(F)cc4F)cn3CC12. The third-order valence-corrected chi connectivity index (χ3v) is 7.60. The van der Waals surface area contributed by atoms with Crippen LogP contribution in [0.1, 0.15) is 53.1 Å². The van der Waals surface area contributed by atoms with Gasteiger partial charge in [0, 0.05) is 49.8 Å². The molecule has 3 aliphatic rings. The van der Waals surface area contributed by atoms with Gasteiger partial charge in [-0.1, -0.05) is 19.9 Å². The van der Waals surface area contributed by atoms with Gasteiger partial charge in [0.15, 0.2) is 11.4 Å². The molecule has 0 bridgehead atoms. The van der Waals surface area contributed by atoms with E-state index < -0.39 is 64.0 Å². The summed E-state index contributed by atoms with van der Waals surface area (Å²) in [5.74, 6) is -5.52. The molecule has 206 valence electrons. The molecule has 0 radical (unpaired) electrons. The standard InChI is InChI=1S/C27H28F2N4O6/c1-13(2)9-31-10-15-4-6-19(34)24(36)21(15)33-20(31)12-32-11-17(23(35)25(37)22(32)27(33)39)26(38)30-8-14-3-5-16(28)7-18(14)29/h3,5,7,11,13,15,20-21,37H,4,6,8-10,12H2,1-2H3,(H,30,38). The van der Waals surface area contributed by atoms with Crippen LogP contribution in [0, 0.1) is 23.5 Å². The topological polar surface area (TPSA) is 129 Å². The number of nitrogens with one attached hydrogen (secondary N) is 1. The third kappa shape index (κ3) is 4.62. The van der Waals surface area contributed by atoms with Crippen molar-refractivity contribution < 1.29 is 33.1 Å². The molecule has 2 aromatic rings. The van der Waals surface area contributed by atoms with Gasteiger partial charge in [-0.05, 0) is 18.4 Å². The van der Waals surface area contributed by atoms with Crippen LogP contribution in [0.25, 0.3) is 0 Å². The van der Waals surface area contributed by atoms with E-state index in [9.17, 15) is 37.9 Å². The quantitative estimate of drug-likeness (QED) is 0.547. The normalized spacial score (nSPS) is 22.9. The number of halogens is 2. The molecule has 1 aromatic heterocycles. The van der Waals surface area contributed by atoms with Crippen molar-refractivity contribution >= 4 is 23.4 Å². The monoisotopic (exact) mass is 542 g/mol. The van der Waals surface area contributed by atoms with Gasteiger partial charge >= 0.3 is 0 Å². The fourth-order valence-corrected chi connectivity index (χ4v) is 5.85. The number of rotatable bonds is 5. The van der Waals surface area contributed by atoms with Gasteiger partial charge in [0.05, 0.1) is 6.54 Å². The zero-order valence-electron chi connectivity index (χ0n) is 21.4. The summed E-state index contributed by atoms with van der Waals surface area (Å²) in [7, 11) is 0. The fraction of sp³-hybridized carbons (Fsp3) is 0.444. The van der Waals surface area contributed by atoms with Crippen LogP contribution >= 0.6 is 0 Å². The molecule has 2 N–H and O–H groups in total. The number of pyridine rings is 1. The zero-order valence-corrected chi connectivity index (χ0v) is 21.4. The molecule has 0 spiro atoms. The number of aromatic nitrogens is 1. The van der Waals surface area contributed by atoms with Crippen molar-refractivity contribution in [1.82, 2.24) is 19.7 Å². The summed E-state index contributed by atoms with van der Waals surface area (Å²) < 4.78 is 28.5. The molecule has 3 atom stereocenters. The van der Waals surface area contributed by atoms with Gasteiger partial charge in [-0.3, -0.25) is 28.9 Å². The number of aromatic hydroxyl groups is 1. The van der Waals surface area contributed by atoms with E-state index in [1.54, 1.807) is 0 Å². The average Bonchev–Trinajstić information content (AvgIpc) is 2.87. The number of hydrogen-bond acceptors (Lipinski definition) is 7. The van der Waals surface area contributed by atoms with Crippen molar-refractivity contribution in [2.45, 2.75) is 52.0 Å². The summed E-state index contributed by atoms with van der Waals surface area (Å²) in [6.45, 7) is 4.81. The number of carbonyl (C=O) groups is 4. The minimum absolute atomic E-state index is 0.00867. The Bertz CT molecular complexity index is 1450. The Morgan fingerprint density at radius 1 is 1.15 bits per heavy atom. The van der Waals surface area contributed by atoms with E-state index in [-0.39, 0.29) is 42.6 Å². The number of benzene rings is 1. The predicted molar refractivity (Wildman–Crippen MR) is 133 cm³/mol. The summed E-state index contributed by atoms with van der Waals surface area (Å²) in [5, 5.41) is 13.2. The lowest BCUT2D eigenvalue weighted by Gasteiger charge is -2.54. The number of ketones is 2. The van der Waals surface area contributed by atoms with Gasteiger partial charge in [-0.2, -0.15) is 0 Å². The first-order valence-corrected chi connectivity index (χ1v) is 12.8. The van der Waals surface area contributed by atoms with E-state index in [1.165, 1.54) is 9.47 Å². The van der Waals surface area contributed by atoms with Crippen LogP contribution < -0.4 is 10.7 Å². The largest absolute Gasteiger partial charge is 0.503 e. The minimum atomic E-state index is -1.11. The van der Waals surface area contributed by atoms with Gasteiger partial charge in [0.1, 0.15) is 29.4 Å². The molecule has 1 saturated heterocycles. The van der Waals surface area contributed by atoms with E-state index in [2.05, 4.69) is 10.2 Å². The van der Waals surface area contributed by atoms with Gasteiger partial charge in [-0.25, -0.2) is 8.78 Å². The van der Waals surface area contributed by atoms with Crippen LogP contribution in [-0.4, -0.2) is 68.2 Å². The van der Waals surface area contributed by atoms with E-state index in [4.69, 9.17) is 0 Å². The molecule has 2 aliphatic heterocycles. The van der Waals surface area contributed by atoms with Crippen molar-refractivity contribution in [2.75, 3.05) is 13.1 Å². The van der Waals surface area contributed by atoms with E-state index in [1.807, 2.05) is 13.8 Å². The first-order chi connectivity index (χ1) is 18.5. The first kappa shape index (κ1) is 26.7. The van der Waals surface area contributed by atoms with Gasteiger partial charge < -0.3 is 19.9 Å². The van der Waals surface area contributed by atoms with Crippen molar-refractivity contribution in [1.29, 1.82) is 0 Å². The fourth-order valence-electron chi connectivity index (χ4n) is 5.85. The summed E-state index contributed by atoms with van der Waals surface area (Å²) in [5.41, 5.74) is -1.95. The molecule has 2 fully saturated rings. The molecule has 12 heteroatoms. The third-order valence-electron chi connectivity index (χ3n) is 7.60. The van der Waals surface area contributed by atoms with Gasteiger partial charge in [0.25, 0.3) is 11.8 Å². The van der Waals surface area contributed by atoms with Crippen LogP contribution in [-0.2, 0) is 22.7 Å². The maximum atomic E-state index is 14.0. The van der Waals surface area contributed by atoms with E-state index in [0.29, 0.717) is 25.6 Å². The van der Waals surface area contributed by atoms with Crippen LogP contribution in [0.15, 0.2) is 29.2 Å². The van der Waals surface area contributed by atoms with Crippen LogP contribution in [0.5, 0.6) is 5.75 Å². The van der Waals surface area contributed by atoms with Crippen molar-refractivity contribution in [3.63, 3.8) is 0 Å². The Kier molecular flexibility index (Phi) is 6.83. The van der Waals surface area contributed by atoms with E-state index in [0.717, 1.165) is 18.3 Å². The summed E-state index contributed by atoms with van der Waals surface area (Å²) in [4.78, 5) is 68.2. The van der Waals surface area contributed by atoms with Crippen molar-refractivity contribution in [3.8, 4) is 5.75 Å². The van der Waals surface area contributed by atoms with Crippen LogP contribution in [0.2, 0.25) is 0 Å². The molecule has 3 unspecified atom stereocenters. The summed E-state index contributed by atoms with van der Waals surface area (Å²) in [6, 6.07) is 1.88. The molecule has 1 saturated carbocycles. The van der Waals surface area contributed by atoms with Gasteiger partial charge in [-0.15, -0.1) is 0 Å². The van der Waals surface area contributed by atoms with Crippen LogP contribution in [0.3, 0.4) is 0 Å². The molecular weight excluding hydrogens is 514 g/mol. The second kappa shape index (κ2) is 9.99. The average molecular weight is 543 g/mol. The minimum Gasteiger partial charge on any atom is -0.503 e. The second-order valence-corrected chi connectivity index (χ2v) is 10.7. The smallest absolute Gasteiger partial charge is 0.276 e. The second-order valence-electron chi connectivity index (χ2n) is 10.7. The molecular formula is C27H28F2N4O6. The highest BCUT2D eigenvalue weighted by atomic mass is 19.1. The summed E-state index contributed by atoms with van der Waals surface area (Å²) >= 11 is 0. The Balaban J connectivity index is 1.50. The molecule has 10 nitrogen and oxygen atoms in total. The van der Waals surface area contributed by atoms with E-state index >= 15 is 0 Å². The highest BCUT2D eigenvalue weighted by Gasteiger charge is 2.53. The van der Waals surface area contributed by atoms with Crippen molar-refractivity contribution in [3.05, 3.63) is 63.1 Å². The number of hydrogen-bond donors (Lipinski definition) is 2. The lowest BCUT2D eigenvalue weighted by atomic mass is 9.78. The Labute approximate surface area is 222 Å². The lowest BCUT2D eigenvalue weighted by molar-refractivity contribution is -0.150. The maximum Gasteiger partial charge on any atom is 0.276 e. The number of nitrogens with zero attached hydrogens (tertiary/aromatic N) is 3. The van der Waals surface area contributed by atoms with Crippen LogP contribution in [0.4, 0.5) is 8.78 Å². The highest BCUT2D eigenvalue weighted by molar-refractivity contribution is 6.40. The number of Topliss-reactive ketones (excluding diaryl/α,β-unsaturated/α-hetero) is 2. The Hall–Kier alpha value is -3.93. The molecule has 5 rings (SSSR count). The molecule has 2 amide bonds. The zero-order chi connectivity index (χ0) is 28.2. The predicted octanol–water partition coefficient (Wildman–Crippen LogP) is 1.43. The Morgan fingerprint density at radius 2 is 1.90 bits per heavy atom. The van der Waals surface area contributed by atoms with Crippen molar-refractivity contribution in [2.24, 2.45) is 11.8 Å². The Morgan fingerprint density at radius 3 is 2.59 bits per heavy atom. The first-order valence-electron chi connectivity index (χ1n) is 12.8. The lowest BCUT2D eigenvalue weighted by Crippen LogP contribution is -2.70. The molecule has 3 heterocycles. The molecule has 1 aromatic carbocycles. The maximum absolute atomic E-state index is 14.0.